The van der Waals surface area contributed by atoms with Gasteiger partial charge >= 0.3 is 11.8 Å². The van der Waals surface area contributed by atoms with Crippen molar-refractivity contribution in [3.8, 4) is 0 Å². The number of unbranched alkanes of at least 4 members (excludes halogenated alkanes) is 4. The molecule has 0 aliphatic rings. The van der Waals surface area contributed by atoms with Crippen LogP contribution in [0.4, 0.5) is 9.18 Å². The molecule has 3 amide bonds. The summed E-state index contributed by atoms with van der Waals surface area (Å²) in [6.07, 6.45) is 4.70. The highest BCUT2D eigenvalue weighted by molar-refractivity contribution is 5.91. The highest BCUT2D eigenvalue weighted by Gasteiger charge is 2.22. The number of amides is 3. The van der Waals surface area contributed by atoms with Crippen LogP contribution in [0.25, 0.3) is 0 Å². The molecule has 0 radical (unpaired) electrons. The number of hydrogen-bond acceptors (Lipinski definition) is 7. The number of halogens is 1. The topological polar surface area (TPSA) is 160 Å². The van der Waals surface area contributed by atoms with Gasteiger partial charge in [0.2, 0.25) is 17.6 Å². The SMILES string of the molecule is CCCCCCCC(=O)N[C@H](CC(C)=O)C(=O)NCCN(C)C(=O)OCn1cc(F)c(=O)[nH]c1=O. The van der Waals surface area contributed by atoms with E-state index < -0.39 is 41.8 Å². The number of nitrogens with one attached hydrogen (secondary N) is 3. The summed E-state index contributed by atoms with van der Waals surface area (Å²) in [4.78, 5) is 73.6. The van der Waals surface area contributed by atoms with Crippen LogP contribution in [0.3, 0.4) is 0 Å². The maximum absolute atomic E-state index is 13.3. The number of carbonyl (C=O) groups is 4. The molecule has 3 N–H and O–H groups in total. The van der Waals surface area contributed by atoms with Crippen LogP contribution in [0.1, 0.15) is 58.8 Å². The van der Waals surface area contributed by atoms with E-state index in [9.17, 15) is 33.2 Å². The Labute approximate surface area is 202 Å². The van der Waals surface area contributed by atoms with E-state index in [-0.39, 0.29) is 37.6 Å². The van der Waals surface area contributed by atoms with Crippen molar-refractivity contribution in [2.24, 2.45) is 0 Å². The molecule has 1 heterocycles. The predicted octanol–water partition coefficient (Wildman–Crippen LogP) is 0.642. The summed E-state index contributed by atoms with van der Waals surface area (Å²) in [7, 11) is 1.37. The lowest BCUT2D eigenvalue weighted by Crippen LogP contribution is -2.49. The third-order valence-corrected chi connectivity index (χ3v) is 5.00. The van der Waals surface area contributed by atoms with Crippen LogP contribution in [-0.4, -0.2) is 64.3 Å². The molecule has 0 spiro atoms. The van der Waals surface area contributed by atoms with E-state index in [1.165, 1.54) is 14.0 Å². The molecule has 0 aliphatic heterocycles. The Morgan fingerprint density at radius 2 is 1.86 bits per heavy atom. The molecular weight excluding hydrogens is 465 g/mol. The maximum atomic E-state index is 13.3. The lowest BCUT2D eigenvalue weighted by Gasteiger charge is -2.20. The molecule has 13 heteroatoms. The lowest BCUT2D eigenvalue weighted by atomic mass is 10.1. The number of ketones is 1. The smallest absolute Gasteiger partial charge is 0.411 e. The first kappa shape index (κ1) is 29.5. The molecule has 1 aromatic heterocycles. The van der Waals surface area contributed by atoms with Crippen molar-refractivity contribution in [1.82, 2.24) is 25.1 Å². The fourth-order valence-electron chi connectivity index (χ4n) is 3.03. The molecule has 1 aromatic rings. The van der Waals surface area contributed by atoms with Gasteiger partial charge in [-0.05, 0) is 13.3 Å². The Hall–Kier alpha value is -3.51. The van der Waals surface area contributed by atoms with Crippen LogP contribution in [-0.2, 0) is 25.9 Å². The number of rotatable bonds is 15. The average molecular weight is 500 g/mol. The van der Waals surface area contributed by atoms with E-state index in [1.54, 1.807) is 4.98 Å². The van der Waals surface area contributed by atoms with Crippen molar-refractivity contribution >= 4 is 23.7 Å². The van der Waals surface area contributed by atoms with Crippen molar-refractivity contribution in [3.63, 3.8) is 0 Å². The Bertz CT molecular complexity index is 991. The third-order valence-electron chi connectivity index (χ3n) is 5.00. The van der Waals surface area contributed by atoms with Gasteiger partial charge in [0.25, 0.3) is 5.56 Å². The van der Waals surface area contributed by atoms with Crippen LogP contribution in [0.15, 0.2) is 15.8 Å². The Morgan fingerprint density at radius 1 is 1.17 bits per heavy atom. The van der Waals surface area contributed by atoms with Crippen molar-refractivity contribution in [1.29, 1.82) is 0 Å². The van der Waals surface area contributed by atoms with E-state index >= 15 is 0 Å². The zero-order valence-electron chi connectivity index (χ0n) is 20.4. The van der Waals surface area contributed by atoms with Gasteiger partial charge < -0.3 is 20.3 Å². The Kier molecular flexibility index (Phi) is 13.0. The maximum Gasteiger partial charge on any atom is 0.411 e. The Balaban J connectivity index is 2.48. The second-order valence-electron chi connectivity index (χ2n) is 8.15. The van der Waals surface area contributed by atoms with E-state index in [1.807, 2.05) is 0 Å². The molecule has 12 nitrogen and oxygen atoms in total. The number of nitrogens with zero attached hydrogens (tertiary/aromatic N) is 2. The van der Waals surface area contributed by atoms with Crippen LogP contribution >= 0.6 is 0 Å². The zero-order chi connectivity index (χ0) is 26.4. The minimum Gasteiger partial charge on any atom is -0.427 e. The average Bonchev–Trinajstić information content (AvgIpc) is 2.79. The monoisotopic (exact) mass is 499 g/mol. The number of aromatic nitrogens is 2. The van der Waals surface area contributed by atoms with Crippen molar-refractivity contribution in [2.75, 3.05) is 20.1 Å². The number of hydrogen-bond donors (Lipinski definition) is 3. The molecule has 0 aromatic carbocycles. The third kappa shape index (κ3) is 11.5. The minimum absolute atomic E-state index is 0.00103. The first-order valence-electron chi connectivity index (χ1n) is 11.5. The van der Waals surface area contributed by atoms with E-state index in [2.05, 4.69) is 17.6 Å². The summed E-state index contributed by atoms with van der Waals surface area (Å²) in [5, 5.41) is 5.15. The molecular formula is C22H34FN5O7. The van der Waals surface area contributed by atoms with Crippen LogP contribution < -0.4 is 21.9 Å². The number of aromatic amines is 1. The normalized spacial score (nSPS) is 11.4. The summed E-state index contributed by atoms with van der Waals surface area (Å²) in [5.41, 5.74) is -2.13. The second kappa shape index (κ2) is 15.4. The minimum atomic E-state index is -1.21. The van der Waals surface area contributed by atoms with Crippen molar-refractivity contribution in [3.05, 3.63) is 32.9 Å². The summed E-state index contributed by atoms with van der Waals surface area (Å²) >= 11 is 0. The van der Waals surface area contributed by atoms with Crippen molar-refractivity contribution < 1.29 is 28.3 Å². The molecule has 35 heavy (non-hydrogen) atoms. The van der Waals surface area contributed by atoms with Gasteiger partial charge in [-0.15, -0.1) is 0 Å². The molecule has 0 unspecified atom stereocenters. The van der Waals surface area contributed by atoms with Gasteiger partial charge in [-0.25, -0.2) is 9.59 Å². The number of likely N-dealkylation sites (N-methyl/N-ethyl adjacent to an activating group) is 1. The Morgan fingerprint density at radius 3 is 2.51 bits per heavy atom. The second-order valence-corrected chi connectivity index (χ2v) is 8.15. The number of carbonyl (C=O) groups excluding carboxylic acids is 4. The molecule has 0 bridgehead atoms. The standard InChI is InChI=1S/C22H34FN5O7/c1-4-5-6-7-8-9-18(30)25-17(12-15(2)29)20(32)24-10-11-27(3)22(34)35-14-28-13-16(23)19(31)26-21(28)33/h13,17H,4-12,14H2,1-3H3,(H,24,32)(H,25,30)(H,26,31,33)/t17-/m1/s1. The molecule has 0 saturated carbocycles. The first-order valence-corrected chi connectivity index (χ1v) is 11.5. The molecule has 0 fully saturated rings. The largest absolute Gasteiger partial charge is 0.427 e. The van der Waals surface area contributed by atoms with Gasteiger partial charge in [-0.1, -0.05) is 32.6 Å². The van der Waals surface area contributed by atoms with Gasteiger partial charge in [-0.2, -0.15) is 4.39 Å². The number of Topliss-reactive ketones (excluding diaryl/α,β-unsaturated/α-hetero) is 1. The van der Waals surface area contributed by atoms with E-state index in [0.29, 0.717) is 17.2 Å². The zero-order valence-corrected chi connectivity index (χ0v) is 20.4. The molecule has 0 aliphatic carbocycles. The van der Waals surface area contributed by atoms with Gasteiger partial charge in [0.15, 0.2) is 6.73 Å². The summed E-state index contributed by atoms with van der Waals surface area (Å²) in [6.45, 7) is 2.79. The fourth-order valence-corrected chi connectivity index (χ4v) is 3.03. The quantitative estimate of drug-likeness (QED) is 0.299. The first-order chi connectivity index (χ1) is 16.5. The van der Waals surface area contributed by atoms with Crippen molar-refractivity contribution in [2.45, 2.75) is 71.6 Å². The van der Waals surface area contributed by atoms with Gasteiger partial charge in [0, 0.05) is 33.0 Å². The highest BCUT2D eigenvalue weighted by atomic mass is 19.1. The van der Waals surface area contributed by atoms with E-state index in [4.69, 9.17) is 4.74 Å². The van der Waals surface area contributed by atoms with Gasteiger partial charge in [0.05, 0.1) is 6.20 Å². The summed E-state index contributed by atoms with van der Waals surface area (Å²) < 4.78 is 18.8. The van der Waals surface area contributed by atoms with Crippen LogP contribution in [0.2, 0.25) is 0 Å². The number of ether oxygens (including phenoxy) is 1. The highest BCUT2D eigenvalue weighted by Crippen LogP contribution is 2.05. The van der Waals surface area contributed by atoms with Crippen LogP contribution in [0.5, 0.6) is 0 Å². The summed E-state index contributed by atoms with van der Waals surface area (Å²) in [5.74, 6) is -2.34. The van der Waals surface area contributed by atoms with Gasteiger partial charge in [-0.3, -0.25) is 28.7 Å². The predicted molar refractivity (Wildman–Crippen MR) is 124 cm³/mol. The summed E-state index contributed by atoms with van der Waals surface area (Å²) in [6, 6.07) is -1.02. The fraction of sp³-hybridized carbons (Fsp3) is 0.636. The molecule has 196 valence electrons. The lowest BCUT2D eigenvalue weighted by molar-refractivity contribution is -0.131. The van der Waals surface area contributed by atoms with Crippen LogP contribution in [0, 0.1) is 5.82 Å². The van der Waals surface area contributed by atoms with E-state index in [0.717, 1.165) is 30.6 Å². The van der Waals surface area contributed by atoms with Gasteiger partial charge in [0.1, 0.15) is 11.8 Å². The molecule has 1 rings (SSSR count). The molecule has 1 atom stereocenters. The number of H-pyrrole nitrogens is 1. The molecule has 0 saturated heterocycles.